The Morgan fingerprint density at radius 1 is 0.800 bits per heavy atom. The van der Waals surface area contributed by atoms with E-state index in [0.29, 0.717) is 34.0 Å². The maximum absolute atomic E-state index is 7.46. The molecule has 0 atom stereocenters. The molecule has 3 rings (SSSR count). The Morgan fingerprint density at radius 3 is 1.88 bits per heavy atom. The fourth-order valence-electron chi connectivity index (χ4n) is 1.99. The van der Waals surface area contributed by atoms with Crippen LogP contribution in [0.5, 0.6) is 0 Å². The smallest absolute Gasteiger partial charge is 0.185 e. The number of hydrogen-bond acceptors (Lipinski definition) is 6. The van der Waals surface area contributed by atoms with Gasteiger partial charge in [-0.2, -0.15) is 0 Å². The molecule has 0 aliphatic carbocycles. The van der Waals surface area contributed by atoms with E-state index in [1.807, 2.05) is 0 Å². The quantitative estimate of drug-likeness (QED) is 0.402. The Morgan fingerprint density at radius 2 is 1.32 bits per heavy atom. The predicted molar refractivity (Wildman–Crippen MR) is 99.5 cm³/mol. The van der Waals surface area contributed by atoms with Gasteiger partial charge < -0.3 is 16.0 Å². The van der Waals surface area contributed by atoms with Crippen LogP contribution >= 0.6 is 24.8 Å². The molecule has 130 valence electrons. The number of rotatable bonds is 4. The van der Waals surface area contributed by atoms with Crippen molar-refractivity contribution in [3.8, 4) is 22.8 Å². The zero-order chi connectivity index (χ0) is 16.4. The number of nitrogens with zero attached hydrogens (tertiary/aromatic N) is 3. The molecule has 0 bridgehead atoms. The molecule has 0 spiro atoms. The molecule has 0 radical (unpaired) electrons. The Balaban J connectivity index is 0.00000156. The first-order valence-electron chi connectivity index (χ1n) is 6.63. The second-order valence-electron chi connectivity index (χ2n) is 4.76. The van der Waals surface area contributed by atoms with Crippen molar-refractivity contribution in [2.24, 2.45) is 11.5 Å². The maximum atomic E-state index is 7.46. The SMILES string of the molecule is Cl.Cl.N=C(N)c1ccnc(-c2cc(-c3cc(C(=N)N)ccn3)on2)c1. The summed E-state index contributed by atoms with van der Waals surface area (Å²) < 4.78 is 5.29. The Kier molecular flexibility index (Phi) is 6.60. The summed E-state index contributed by atoms with van der Waals surface area (Å²) >= 11 is 0. The number of halogens is 2. The first kappa shape index (κ1) is 20.1. The molecule has 3 aromatic heterocycles. The van der Waals surface area contributed by atoms with Gasteiger partial charge in [-0.25, -0.2) is 0 Å². The molecule has 0 fully saturated rings. The summed E-state index contributed by atoms with van der Waals surface area (Å²) in [5.41, 5.74) is 13.6. The summed E-state index contributed by atoms with van der Waals surface area (Å²) in [6.07, 6.45) is 3.10. The predicted octanol–water partition coefficient (Wildman–Crippen LogP) is 2.21. The minimum Gasteiger partial charge on any atom is -0.384 e. The van der Waals surface area contributed by atoms with Gasteiger partial charge in [-0.15, -0.1) is 24.8 Å². The molecule has 0 aliphatic heterocycles. The summed E-state index contributed by atoms with van der Waals surface area (Å²) in [6.45, 7) is 0. The number of aromatic nitrogens is 3. The molecule has 0 unspecified atom stereocenters. The molecule has 0 aromatic carbocycles. The van der Waals surface area contributed by atoms with Crippen LogP contribution in [0.1, 0.15) is 11.1 Å². The highest BCUT2D eigenvalue weighted by molar-refractivity contribution is 5.96. The molecule has 0 aliphatic rings. The zero-order valence-corrected chi connectivity index (χ0v) is 14.4. The van der Waals surface area contributed by atoms with Gasteiger partial charge >= 0.3 is 0 Å². The molecular weight excluding hydrogens is 365 g/mol. The van der Waals surface area contributed by atoms with E-state index >= 15 is 0 Å². The monoisotopic (exact) mass is 379 g/mol. The third-order valence-electron chi connectivity index (χ3n) is 3.17. The van der Waals surface area contributed by atoms with Crippen molar-refractivity contribution < 1.29 is 4.52 Å². The molecule has 3 heterocycles. The van der Waals surface area contributed by atoms with Gasteiger partial charge in [0.2, 0.25) is 0 Å². The van der Waals surface area contributed by atoms with Crippen molar-refractivity contribution in [1.82, 2.24) is 15.1 Å². The third kappa shape index (κ3) is 4.31. The van der Waals surface area contributed by atoms with Gasteiger partial charge in [0.25, 0.3) is 0 Å². The standard InChI is InChI=1S/C15H13N7O.2ClH/c16-14(17)8-1-3-20-10(5-8)11-7-13(23-22-11)12-6-9(15(18)19)2-4-21-12;;/h1-7H,(H3,16,17)(H3,18,19);2*1H. The van der Waals surface area contributed by atoms with E-state index in [1.54, 1.807) is 42.7 Å². The van der Waals surface area contributed by atoms with Crippen LogP contribution in [0.3, 0.4) is 0 Å². The van der Waals surface area contributed by atoms with Gasteiger partial charge in [0.15, 0.2) is 5.76 Å². The Labute approximate surface area is 155 Å². The molecular formula is C15H15Cl2N7O. The van der Waals surface area contributed by atoms with Crippen LogP contribution in [-0.2, 0) is 0 Å². The fourth-order valence-corrected chi connectivity index (χ4v) is 1.99. The molecule has 6 N–H and O–H groups in total. The molecule has 0 saturated carbocycles. The molecule has 0 saturated heterocycles. The van der Waals surface area contributed by atoms with Crippen LogP contribution in [0, 0.1) is 10.8 Å². The van der Waals surface area contributed by atoms with Crippen molar-refractivity contribution in [1.29, 1.82) is 10.8 Å². The summed E-state index contributed by atoms with van der Waals surface area (Å²) in [6, 6.07) is 8.26. The summed E-state index contributed by atoms with van der Waals surface area (Å²) in [7, 11) is 0. The fraction of sp³-hybridized carbons (Fsp3) is 0. The Hall–Kier alpha value is -2.97. The highest BCUT2D eigenvalue weighted by atomic mass is 35.5. The van der Waals surface area contributed by atoms with Crippen molar-refractivity contribution in [3.63, 3.8) is 0 Å². The van der Waals surface area contributed by atoms with Gasteiger partial charge in [-0.3, -0.25) is 20.8 Å². The van der Waals surface area contributed by atoms with Gasteiger partial charge in [0.05, 0.1) is 5.69 Å². The van der Waals surface area contributed by atoms with Crippen LogP contribution in [0.2, 0.25) is 0 Å². The minimum atomic E-state index is -0.0517. The highest BCUT2D eigenvalue weighted by Crippen LogP contribution is 2.24. The number of nitrogens with one attached hydrogen (secondary N) is 2. The highest BCUT2D eigenvalue weighted by Gasteiger charge is 2.12. The average molecular weight is 380 g/mol. The number of nitrogens with two attached hydrogens (primary N) is 2. The lowest BCUT2D eigenvalue weighted by Crippen LogP contribution is -2.11. The Bertz CT molecular complexity index is 838. The summed E-state index contributed by atoms with van der Waals surface area (Å²) in [5, 5.41) is 18.9. The van der Waals surface area contributed by atoms with Crippen LogP contribution in [-0.4, -0.2) is 26.8 Å². The van der Waals surface area contributed by atoms with Crippen molar-refractivity contribution in [2.75, 3.05) is 0 Å². The third-order valence-corrected chi connectivity index (χ3v) is 3.17. The second-order valence-corrected chi connectivity index (χ2v) is 4.76. The topological polar surface area (TPSA) is 152 Å². The molecule has 3 aromatic rings. The van der Waals surface area contributed by atoms with Crippen LogP contribution in [0.15, 0.2) is 47.2 Å². The summed E-state index contributed by atoms with van der Waals surface area (Å²) in [5.74, 6) is 0.329. The molecule has 0 amide bonds. The maximum Gasteiger partial charge on any atom is 0.185 e. The van der Waals surface area contributed by atoms with Gasteiger partial charge in [0.1, 0.15) is 23.1 Å². The van der Waals surface area contributed by atoms with Gasteiger partial charge in [-0.05, 0) is 24.3 Å². The first-order valence-corrected chi connectivity index (χ1v) is 6.63. The lowest BCUT2D eigenvalue weighted by molar-refractivity contribution is 0.433. The van der Waals surface area contributed by atoms with Crippen molar-refractivity contribution >= 4 is 36.5 Å². The van der Waals surface area contributed by atoms with E-state index in [-0.39, 0.29) is 36.5 Å². The number of hydrogen-bond donors (Lipinski definition) is 4. The van der Waals surface area contributed by atoms with E-state index in [9.17, 15) is 0 Å². The van der Waals surface area contributed by atoms with Crippen LogP contribution < -0.4 is 11.5 Å². The van der Waals surface area contributed by atoms with Gasteiger partial charge in [0, 0.05) is 29.6 Å². The minimum absolute atomic E-state index is 0. The number of nitrogen functional groups attached to an aromatic ring is 2. The van der Waals surface area contributed by atoms with Crippen molar-refractivity contribution in [3.05, 3.63) is 53.9 Å². The molecule has 25 heavy (non-hydrogen) atoms. The summed E-state index contributed by atoms with van der Waals surface area (Å²) in [4.78, 5) is 8.38. The number of pyridine rings is 2. The lowest BCUT2D eigenvalue weighted by atomic mass is 10.1. The van der Waals surface area contributed by atoms with Crippen molar-refractivity contribution in [2.45, 2.75) is 0 Å². The van der Waals surface area contributed by atoms with E-state index in [2.05, 4.69) is 15.1 Å². The molecule has 10 heteroatoms. The average Bonchev–Trinajstić information content (AvgIpc) is 3.05. The van der Waals surface area contributed by atoms with E-state index in [0.717, 1.165) is 0 Å². The van der Waals surface area contributed by atoms with Crippen LogP contribution in [0.25, 0.3) is 22.8 Å². The van der Waals surface area contributed by atoms with E-state index in [1.165, 1.54) is 0 Å². The van der Waals surface area contributed by atoms with Crippen LogP contribution in [0.4, 0.5) is 0 Å². The largest absolute Gasteiger partial charge is 0.384 e. The molecule has 8 nitrogen and oxygen atoms in total. The number of amidine groups is 2. The normalized spacial score (nSPS) is 9.60. The first-order chi connectivity index (χ1) is 11.0. The second kappa shape index (κ2) is 8.22. The lowest BCUT2D eigenvalue weighted by Gasteiger charge is -1.99. The van der Waals surface area contributed by atoms with Gasteiger partial charge in [-0.1, -0.05) is 5.16 Å². The zero-order valence-electron chi connectivity index (χ0n) is 12.8. The van der Waals surface area contributed by atoms with E-state index < -0.39 is 0 Å². The van der Waals surface area contributed by atoms with E-state index in [4.69, 9.17) is 26.8 Å².